The average molecular weight is 276 g/mol. The summed E-state index contributed by atoms with van der Waals surface area (Å²) in [6.07, 6.45) is -4.28. The molecule has 0 bridgehead atoms. The second-order valence-corrected chi connectivity index (χ2v) is 3.87. The third-order valence-electron chi connectivity index (χ3n) is 2.55. The molecule has 1 aromatic carbocycles. The SMILES string of the molecule is CNC(CCOc1ccccc1C(F)(F)F)C(N)=O. The number of para-hydroxylation sites is 1. The maximum absolute atomic E-state index is 12.7. The summed E-state index contributed by atoms with van der Waals surface area (Å²) in [6, 6.07) is 4.29. The van der Waals surface area contributed by atoms with Gasteiger partial charge in [-0.25, -0.2) is 0 Å². The standard InChI is InChI=1S/C12H15F3N2O2/c1-17-9(11(16)18)6-7-19-10-5-3-2-4-8(10)12(13,14)15/h2-5,9,17H,6-7H2,1H3,(H2,16,18). The first-order chi connectivity index (χ1) is 8.86. The van der Waals surface area contributed by atoms with E-state index in [4.69, 9.17) is 10.5 Å². The predicted octanol–water partition coefficient (Wildman–Crippen LogP) is 1.55. The van der Waals surface area contributed by atoms with Crippen LogP contribution in [0.25, 0.3) is 0 Å². The summed E-state index contributed by atoms with van der Waals surface area (Å²) >= 11 is 0. The third kappa shape index (κ3) is 4.44. The highest BCUT2D eigenvalue weighted by molar-refractivity contribution is 5.79. The first-order valence-electron chi connectivity index (χ1n) is 5.62. The molecule has 1 unspecified atom stereocenters. The lowest BCUT2D eigenvalue weighted by Gasteiger charge is -2.16. The number of alkyl halides is 3. The van der Waals surface area contributed by atoms with Crippen molar-refractivity contribution in [2.75, 3.05) is 13.7 Å². The molecule has 0 saturated heterocycles. The predicted molar refractivity (Wildman–Crippen MR) is 63.6 cm³/mol. The molecule has 3 N–H and O–H groups in total. The van der Waals surface area contributed by atoms with E-state index in [2.05, 4.69) is 5.32 Å². The van der Waals surface area contributed by atoms with Crippen molar-refractivity contribution in [1.82, 2.24) is 5.32 Å². The van der Waals surface area contributed by atoms with E-state index in [-0.39, 0.29) is 18.8 Å². The van der Waals surface area contributed by atoms with Crippen LogP contribution in [-0.2, 0) is 11.0 Å². The van der Waals surface area contributed by atoms with E-state index < -0.39 is 23.7 Å². The number of ether oxygens (including phenoxy) is 1. The van der Waals surface area contributed by atoms with Gasteiger partial charge in [0, 0.05) is 6.42 Å². The molecule has 19 heavy (non-hydrogen) atoms. The molecule has 1 rings (SSSR count). The molecule has 0 aliphatic rings. The second kappa shape index (κ2) is 6.42. The van der Waals surface area contributed by atoms with Gasteiger partial charge in [-0.15, -0.1) is 0 Å². The topological polar surface area (TPSA) is 64.3 Å². The van der Waals surface area contributed by atoms with E-state index in [0.29, 0.717) is 0 Å². The molecule has 0 spiro atoms. The van der Waals surface area contributed by atoms with E-state index in [1.807, 2.05) is 0 Å². The van der Waals surface area contributed by atoms with Gasteiger partial charge in [0.15, 0.2) is 0 Å². The Hall–Kier alpha value is -1.76. The minimum Gasteiger partial charge on any atom is -0.493 e. The van der Waals surface area contributed by atoms with Gasteiger partial charge in [0.25, 0.3) is 0 Å². The van der Waals surface area contributed by atoms with Crippen molar-refractivity contribution in [3.8, 4) is 5.75 Å². The number of carbonyl (C=O) groups is 1. The summed E-state index contributed by atoms with van der Waals surface area (Å²) in [6.45, 7) is -0.0401. The quantitative estimate of drug-likeness (QED) is 0.828. The minimum atomic E-state index is -4.47. The molecule has 1 atom stereocenters. The molecule has 0 aliphatic carbocycles. The van der Waals surface area contributed by atoms with E-state index in [1.165, 1.54) is 18.2 Å². The van der Waals surface area contributed by atoms with E-state index >= 15 is 0 Å². The van der Waals surface area contributed by atoms with Crippen LogP contribution in [0.5, 0.6) is 5.75 Å². The molecule has 0 radical (unpaired) electrons. The first-order valence-corrected chi connectivity index (χ1v) is 5.62. The van der Waals surface area contributed by atoms with Gasteiger partial charge >= 0.3 is 6.18 Å². The Balaban J connectivity index is 2.66. The number of hydrogen-bond acceptors (Lipinski definition) is 3. The zero-order valence-electron chi connectivity index (χ0n) is 10.3. The largest absolute Gasteiger partial charge is 0.493 e. The number of nitrogens with one attached hydrogen (secondary N) is 1. The fourth-order valence-corrected chi connectivity index (χ4v) is 1.54. The van der Waals surface area contributed by atoms with Crippen molar-refractivity contribution >= 4 is 5.91 Å². The average Bonchev–Trinajstić information content (AvgIpc) is 2.33. The smallest absolute Gasteiger partial charge is 0.419 e. The molecule has 0 fully saturated rings. The molecule has 0 aliphatic heterocycles. The van der Waals surface area contributed by atoms with Crippen LogP contribution >= 0.6 is 0 Å². The number of carbonyl (C=O) groups excluding carboxylic acids is 1. The van der Waals surface area contributed by atoms with Gasteiger partial charge in [0.2, 0.25) is 5.91 Å². The maximum Gasteiger partial charge on any atom is 0.419 e. The number of amides is 1. The summed E-state index contributed by atoms with van der Waals surface area (Å²) in [5.74, 6) is -0.829. The van der Waals surface area contributed by atoms with E-state index in [1.54, 1.807) is 7.05 Å². The number of likely N-dealkylation sites (N-methyl/N-ethyl adjacent to an activating group) is 1. The number of nitrogens with two attached hydrogens (primary N) is 1. The first kappa shape index (κ1) is 15.3. The van der Waals surface area contributed by atoms with Crippen molar-refractivity contribution in [2.24, 2.45) is 5.73 Å². The Bertz CT molecular complexity index is 435. The molecule has 106 valence electrons. The molecular weight excluding hydrogens is 261 g/mol. The minimum absolute atomic E-state index is 0.0401. The molecule has 4 nitrogen and oxygen atoms in total. The van der Waals surface area contributed by atoms with Gasteiger partial charge in [0.1, 0.15) is 5.75 Å². The molecule has 7 heteroatoms. The normalized spacial score (nSPS) is 13.1. The molecule has 0 aromatic heterocycles. The lowest BCUT2D eigenvalue weighted by Crippen LogP contribution is -2.40. The van der Waals surface area contributed by atoms with Crippen LogP contribution in [0, 0.1) is 0 Å². The lowest BCUT2D eigenvalue weighted by atomic mass is 10.2. The zero-order chi connectivity index (χ0) is 14.5. The third-order valence-corrected chi connectivity index (χ3v) is 2.55. The van der Waals surface area contributed by atoms with Gasteiger partial charge in [-0.05, 0) is 19.2 Å². The highest BCUT2D eigenvalue weighted by atomic mass is 19.4. The summed E-state index contributed by atoms with van der Waals surface area (Å²) in [5.41, 5.74) is 4.25. The van der Waals surface area contributed by atoms with Crippen LogP contribution in [0.15, 0.2) is 24.3 Å². The zero-order valence-corrected chi connectivity index (χ0v) is 10.3. The molecule has 0 heterocycles. The van der Waals surface area contributed by atoms with Crippen molar-refractivity contribution < 1.29 is 22.7 Å². The van der Waals surface area contributed by atoms with E-state index in [0.717, 1.165) is 6.07 Å². The number of benzene rings is 1. The molecule has 0 saturated carbocycles. The maximum atomic E-state index is 12.7. The number of rotatable bonds is 6. The summed E-state index contributed by atoms with van der Waals surface area (Å²) in [4.78, 5) is 10.9. The van der Waals surface area contributed by atoms with Crippen molar-refractivity contribution in [1.29, 1.82) is 0 Å². The summed E-state index contributed by atoms with van der Waals surface area (Å²) < 4.78 is 43.1. The molecular formula is C12H15F3N2O2. The molecule has 1 amide bonds. The second-order valence-electron chi connectivity index (χ2n) is 3.87. The van der Waals surface area contributed by atoms with Crippen LogP contribution in [0.4, 0.5) is 13.2 Å². The van der Waals surface area contributed by atoms with Crippen molar-refractivity contribution in [2.45, 2.75) is 18.6 Å². The Morgan fingerprint density at radius 1 is 1.42 bits per heavy atom. The van der Waals surface area contributed by atoms with Gasteiger partial charge in [-0.2, -0.15) is 13.2 Å². The van der Waals surface area contributed by atoms with Crippen molar-refractivity contribution in [3.63, 3.8) is 0 Å². The Kier molecular flexibility index (Phi) is 5.17. The van der Waals surface area contributed by atoms with Crippen LogP contribution in [0.1, 0.15) is 12.0 Å². The number of primary amides is 1. The highest BCUT2D eigenvalue weighted by Crippen LogP contribution is 2.35. The Morgan fingerprint density at radius 3 is 2.58 bits per heavy atom. The fraction of sp³-hybridized carbons (Fsp3) is 0.417. The lowest BCUT2D eigenvalue weighted by molar-refractivity contribution is -0.139. The van der Waals surface area contributed by atoms with Gasteiger partial charge in [-0.1, -0.05) is 12.1 Å². The summed E-state index contributed by atoms with van der Waals surface area (Å²) in [5, 5.41) is 2.66. The number of halogens is 3. The van der Waals surface area contributed by atoms with Crippen LogP contribution in [-0.4, -0.2) is 25.6 Å². The van der Waals surface area contributed by atoms with Crippen LogP contribution in [0.2, 0.25) is 0 Å². The number of hydrogen-bond donors (Lipinski definition) is 2. The fourth-order valence-electron chi connectivity index (χ4n) is 1.54. The van der Waals surface area contributed by atoms with Crippen LogP contribution < -0.4 is 15.8 Å². The van der Waals surface area contributed by atoms with Gasteiger partial charge < -0.3 is 15.8 Å². The Morgan fingerprint density at radius 2 is 2.05 bits per heavy atom. The molecule has 1 aromatic rings. The van der Waals surface area contributed by atoms with Crippen molar-refractivity contribution in [3.05, 3.63) is 29.8 Å². The Labute approximate surface area is 108 Å². The summed E-state index contributed by atoms with van der Waals surface area (Å²) in [7, 11) is 1.54. The van der Waals surface area contributed by atoms with E-state index in [9.17, 15) is 18.0 Å². The van der Waals surface area contributed by atoms with Gasteiger partial charge in [0.05, 0.1) is 18.2 Å². The van der Waals surface area contributed by atoms with Gasteiger partial charge in [-0.3, -0.25) is 4.79 Å². The van der Waals surface area contributed by atoms with Crippen LogP contribution in [0.3, 0.4) is 0 Å². The monoisotopic (exact) mass is 276 g/mol. The highest BCUT2D eigenvalue weighted by Gasteiger charge is 2.34.